The van der Waals surface area contributed by atoms with Crippen LogP contribution in [0, 0.1) is 0 Å². The minimum absolute atomic E-state index is 0.393. The van der Waals surface area contributed by atoms with Gasteiger partial charge in [-0.15, -0.1) is 0 Å². The minimum Gasteiger partial charge on any atom is -0.497 e. The predicted octanol–water partition coefficient (Wildman–Crippen LogP) is 2.41. The summed E-state index contributed by atoms with van der Waals surface area (Å²) in [7, 11) is 1.61. The Bertz CT molecular complexity index is 686. The van der Waals surface area contributed by atoms with E-state index < -0.39 is 11.8 Å². The molecule has 0 radical (unpaired) electrons. The van der Waals surface area contributed by atoms with Gasteiger partial charge in [-0.05, 0) is 43.2 Å². The summed E-state index contributed by atoms with van der Waals surface area (Å²) in [6.45, 7) is 2.67. The number of nitrogens with one attached hydrogen (secondary N) is 1. The zero-order valence-electron chi connectivity index (χ0n) is 14.0. The number of carbonyl (C=O) groups excluding carboxylic acids is 2. The van der Waals surface area contributed by atoms with E-state index in [1.807, 2.05) is 61.5 Å². The van der Waals surface area contributed by atoms with E-state index in [4.69, 9.17) is 4.74 Å². The summed E-state index contributed by atoms with van der Waals surface area (Å²) in [5, 5.41) is 2.68. The first kappa shape index (κ1) is 17.5. The lowest BCUT2D eigenvalue weighted by atomic mass is 10.1. The largest absolute Gasteiger partial charge is 0.497 e. The molecule has 2 amide bonds. The molecular weight excluding hydrogens is 304 g/mol. The van der Waals surface area contributed by atoms with Gasteiger partial charge in [0.25, 0.3) is 0 Å². The molecule has 0 atom stereocenters. The molecule has 0 spiro atoms. The van der Waals surface area contributed by atoms with Crippen LogP contribution in [0.5, 0.6) is 5.75 Å². The van der Waals surface area contributed by atoms with E-state index in [-0.39, 0.29) is 0 Å². The Labute approximate surface area is 142 Å². The summed E-state index contributed by atoms with van der Waals surface area (Å²) in [6.07, 6.45) is 0.633. The molecule has 2 aromatic carbocycles. The molecule has 0 saturated heterocycles. The van der Waals surface area contributed by atoms with Gasteiger partial charge in [0, 0.05) is 18.8 Å². The van der Waals surface area contributed by atoms with Gasteiger partial charge in [-0.25, -0.2) is 0 Å². The summed E-state index contributed by atoms with van der Waals surface area (Å²) in [4.78, 5) is 25.9. The van der Waals surface area contributed by atoms with Gasteiger partial charge in [-0.1, -0.05) is 30.3 Å². The average Bonchev–Trinajstić information content (AvgIpc) is 2.63. The van der Waals surface area contributed by atoms with Crippen molar-refractivity contribution < 1.29 is 14.3 Å². The number of likely N-dealkylation sites (N-methyl/N-ethyl adjacent to an activating group) is 1. The number of benzene rings is 2. The first-order valence-electron chi connectivity index (χ1n) is 7.93. The van der Waals surface area contributed by atoms with Crippen molar-refractivity contribution in [3.05, 3.63) is 60.2 Å². The fourth-order valence-electron chi connectivity index (χ4n) is 2.40. The first-order valence-corrected chi connectivity index (χ1v) is 7.93. The maximum Gasteiger partial charge on any atom is 0.316 e. The Balaban J connectivity index is 1.90. The number of anilines is 1. The van der Waals surface area contributed by atoms with Crippen molar-refractivity contribution in [2.24, 2.45) is 0 Å². The Kier molecular flexibility index (Phi) is 6.37. The van der Waals surface area contributed by atoms with Crippen LogP contribution in [-0.2, 0) is 16.0 Å². The highest BCUT2D eigenvalue weighted by Gasteiger charge is 2.21. The zero-order valence-corrected chi connectivity index (χ0v) is 14.0. The van der Waals surface area contributed by atoms with Crippen LogP contribution in [0.1, 0.15) is 12.5 Å². The van der Waals surface area contributed by atoms with Crippen LogP contribution in [0.3, 0.4) is 0 Å². The zero-order chi connectivity index (χ0) is 17.4. The molecule has 0 bridgehead atoms. The second kappa shape index (κ2) is 8.72. The number of amides is 2. The third kappa shape index (κ3) is 4.59. The fourth-order valence-corrected chi connectivity index (χ4v) is 2.40. The van der Waals surface area contributed by atoms with Gasteiger partial charge in [0.05, 0.1) is 7.11 Å². The van der Waals surface area contributed by atoms with E-state index in [1.54, 1.807) is 7.11 Å². The van der Waals surface area contributed by atoms with E-state index in [1.165, 1.54) is 4.90 Å². The van der Waals surface area contributed by atoms with Crippen molar-refractivity contribution in [3.63, 3.8) is 0 Å². The normalized spacial score (nSPS) is 10.1. The first-order chi connectivity index (χ1) is 11.7. The van der Waals surface area contributed by atoms with Gasteiger partial charge in [0.15, 0.2) is 0 Å². The van der Waals surface area contributed by atoms with E-state index in [2.05, 4.69) is 5.32 Å². The van der Waals surface area contributed by atoms with Crippen LogP contribution in [0.2, 0.25) is 0 Å². The van der Waals surface area contributed by atoms with Crippen molar-refractivity contribution in [1.82, 2.24) is 5.32 Å². The molecule has 0 aromatic heterocycles. The fraction of sp³-hybridized carbons (Fsp3) is 0.263. The summed E-state index contributed by atoms with van der Waals surface area (Å²) >= 11 is 0. The summed E-state index contributed by atoms with van der Waals surface area (Å²) < 4.78 is 5.17. The summed E-state index contributed by atoms with van der Waals surface area (Å²) in [5.41, 5.74) is 1.76. The molecule has 0 saturated carbocycles. The second-order valence-corrected chi connectivity index (χ2v) is 5.24. The molecule has 0 fully saturated rings. The Morgan fingerprint density at radius 2 is 1.83 bits per heavy atom. The van der Waals surface area contributed by atoms with Crippen molar-refractivity contribution >= 4 is 17.5 Å². The van der Waals surface area contributed by atoms with Crippen LogP contribution in [-0.4, -0.2) is 32.0 Å². The maximum atomic E-state index is 12.3. The Hall–Kier alpha value is -2.82. The van der Waals surface area contributed by atoms with Gasteiger partial charge >= 0.3 is 11.8 Å². The molecule has 2 rings (SSSR count). The van der Waals surface area contributed by atoms with E-state index in [9.17, 15) is 9.59 Å². The van der Waals surface area contributed by atoms with Gasteiger partial charge in [-0.2, -0.15) is 0 Å². The quantitative estimate of drug-likeness (QED) is 0.829. The van der Waals surface area contributed by atoms with Crippen molar-refractivity contribution in [3.8, 4) is 5.75 Å². The molecule has 0 aliphatic rings. The number of rotatable bonds is 6. The highest BCUT2D eigenvalue weighted by molar-refractivity contribution is 6.40. The summed E-state index contributed by atoms with van der Waals surface area (Å²) in [6, 6.07) is 16.8. The lowest BCUT2D eigenvalue weighted by Gasteiger charge is -2.20. The Morgan fingerprint density at radius 1 is 1.08 bits per heavy atom. The minimum atomic E-state index is -0.594. The van der Waals surface area contributed by atoms with Gasteiger partial charge in [0.1, 0.15) is 5.75 Å². The third-order valence-corrected chi connectivity index (χ3v) is 3.66. The van der Waals surface area contributed by atoms with Gasteiger partial charge < -0.3 is 15.0 Å². The van der Waals surface area contributed by atoms with Crippen LogP contribution in [0.15, 0.2) is 54.6 Å². The van der Waals surface area contributed by atoms with Crippen LogP contribution in [0.25, 0.3) is 0 Å². The highest BCUT2D eigenvalue weighted by atomic mass is 16.5. The lowest BCUT2D eigenvalue weighted by Crippen LogP contribution is -2.43. The number of carbonyl (C=O) groups is 2. The number of methoxy groups -OCH3 is 1. The van der Waals surface area contributed by atoms with Crippen LogP contribution in [0.4, 0.5) is 5.69 Å². The second-order valence-electron chi connectivity index (χ2n) is 5.24. The van der Waals surface area contributed by atoms with Crippen molar-refractivity contribution in [2.45, 2.75) is 13.3 Å². The van der Waals surface area contributed by atoms with E-state index in [0.29, 0.717) is 25.2 Å². The number of hydrogen-bond acceptors (Lipinski definition) is 3. The Morgan fingerprint density at radius 3 is 2.50 bits per heavy atom. The number of para-hydroxylation sites is 1. The number of hydrogen-bond donors (Lipinski definition) is 1. The predicted molar refractivity (Wildman–Crippen MR) is 94.2 cm³/mol. The third-order valence-electron chi connectivity index (χ3n) is 3.66. The molecule has 2 aromatic rings. The lowest BCUT2D eigenvalue weighted by molar-refractivity contribution is -0.137. The molecule has 5 nitrogen and oxygen atoms in total. The van der Waals surface area contributed by atoms with Gasteiger partial charge in [-0.3, -0.25) is 9.59 Å². The number of nitrogens with zero attached hydrogens (tertiary/aromatic N) is 1. The van der Waals surface area contributed by atoms with Crippen LogP contribution >= 0.6 is 0 Å². The summed E-state index contributed by atoms with van der Waals surface area (Å²) in [5.74, 6) is -0.367. The van der Waals surface area contributed by atoms with Gasteiger partial charge in [0.2, 0.25) is 0 Å². The highest BCUT2D eigenvalue weighted by Crippen LogP contribution is 2.14. The van der Waals surface area contributed by atoms with Crippen LogP contribution < -0.4 is 15.0 Å². The molecule has 0 aliphatic heterocycles. The molecular formula is C19H22N2O3. The van der Waals surface area contributed by atoms with E-state index in [0.717, 1.165) is 11.3 Å². The van der Waals surface area contributed by atoms with Crippen molar-refractivity contribution in [1.29, 1.82) is 0 Å². The average molecular weight is 326 g/mol. The SMILES string of the molecule is CCN(C(=O)C(=O)NCCc1cccc(OC)c1)c1ccccc1. The molecule has 24 heavy (non-hydrogen) atoms. The monoisotopic (exact) mass is 326 g/mol. The number of ether oxygens (including phenoxy) is 1. The maximum absolute atomic E-state index is 12.3. The molecule has 0 unspecified atom stereocenters. The smallest absolute Gasteiger partial charge is 0.316 e. The topological polar surface area (TPSA) is 58.6 Å². The van der Waals surface area contributed by atoms with E-state index >= 15 is 0 Å². The molecule has 0 aliphatic carbocycles. The molecule has 1 N–H and O–H groups in total. The molecule has 5 heteroatoms. The molecule has 0 heterocycles. The van der Waals surface area contributed by atoms with Crippen molar-refractivity contribution in [2.75, 3.05) is 25.1 Å². The molecule has 126 valence electrons. The standard InChI is InChI=1S/C19H22N2O3/c1-3-21(16-9-5-4-6-10-16)19(23)18(22)20-13-12-15-8-7-11-17(14-15)24-2/h4-11,14H,3,12-13H2,1-2H3,(H,20,22).